The van der Waals surface area contributed by atoms with E-state index in [-0.39, 0.29) is 11.3 Å². The first-order valence-electron chi connectivity index (χ1n) is 6.72. The average molecular weight is 299 g/mol. The van der Waals surface area contributed by atoms with E-state index in [9.17, 15) is 13.2 Å². The predicted octanol–water partition coefficient (Wildman–Crippen LogP) is 2.17. The summed E-state index contributed by atoms with van der Waals surface area (Å²) < 4.78 is 26.9. The Morgan fingerprint density at radius 1 is 1.25 bits per heavy atom. The van der Waals surface area contributed by atoms with E-state index >= 15 is 0 Å². The number of nitrogens with one attached hydrogen (secondary N) is 1. The van der Waals surface area contributed by atoms with Gasteiger partial charge in [0.15, 0.2) is 0 Å². The van der Waals surface area contributed by atoms with Crippen molar-refractivity contribution < 1.29 is 18.3 Å². The van der Waals surface area contributed by atoms with E-state index in [4.69, 9.17) is 5.11 Å². The van der Waals surface area contributed by atoms with Crippen molar-refractivity contribution in [1.29, 1.82) is 0 Å². The molecule has 6 heteroatoms. The number of rotatable bonds is 8. The molecular formula is C14H21NO4S. The molecule has 0 spiro atoms. The zero-order valence-corrected chi connectivity index (χ0v) is 12.6. The molecule has 0 saturated heterocycles. The van der Waals surface area contributed by atoms with E-state index in [1.807, 2.05) is 13.8 Å². The minimum Gasteiger partial charge on any atom is -0.481 e. The van der Waals surface area contributed by atoms with Crippen molar-refractivity contribution in [3.05, 3.63) is 29.8 Å². The molecular weight excluding hydrogens is 278 g/mol. The molecule has 0 heterocycles. The summed E-state index contributed by atoms with van der Waals surface area (Å²) in [5, 5.41) is 8.81. The summed E-state index contributed by atoms with van der Waals surface area (Å²) in [7, 11) is -3.67. The number of carbonyl (C=O) groups is 1. The Balaban J connectivity index is 2.87. The van der Waals surface area contributed by atoms with Gasteiger partial charge in [0.05, 0.1) is 11.3 Å². The first-order chi connectivity index (χ1) is 9.39. The van der Waals surface area contributed by atoms with Crippen molar-refractivity contribution in [1.82, 2.24) is 4.72 Å². The third-order valence-corrected chi connectivity index (χ3v) is 4.56. The lowest BCUT2D eigenvalue weighted by atomic mass is 10.1. The lowest BCUT2D eigenvalue weighted by Gasteiger charge is -2.16. The van der Waals surface area contributed by atoms with Crippen LogP contribution in [0.15, 0.2) is 29.2 Å². The summed E-state index contributed by atoms with van der Waals surface area (Å²) in [6.45, 7) is 3.88. The molecule has 0 aliphatic heterocycles. The molecule has 5 nitrogen and oxygen atoms in total. The number of carboxylic acid groups (broad SMARTS) is 1. The smallest absolute Gasteiger partial charge is 0.304 e. The van der Waals surface area contributed by atoms with Crippen molar-refractivity contribution >= 4 is 16.0 Å². The number of benzene rings is 1. The summed E-state index contributed by atoms with van der Waals surface area (Å²) in [4.78, 5) is 10.9. The Bertz CT molecular complexity index is 537. The minimum atomic E-state index is -3.67. The van der Waals surface area contributed by atoms with E-state index in [2.05, 4.69) is 4.72 Å². The van der Waals surface area contributed by atoms with Gasteiger partial charge in [-0.3, -0.25) is 4.79 Å². The molecule has 0 aliphatic carbocycles. The van der Waals surface area contributed by atoms with E-state index in [0.29, 0.717) is 6.42 Å². The van der Waals surface area contributed by atoms with Gasteiger partial charge in [0.1, 0.15) is 0 Å². The Morgan fingerprint density at radius 2 is 1.85 bits per heavy atom. The highest BCUT2D eigenvalue weighted by Gasteiger charge is 2.21. The molecule has 1 unspecified atom stereocenters. The molecule has 0 amide bonds. The molecule has 1 aromatic rings. The standard InChI is InChI=1S/C14H21NO4S/c1-3-5-12(10-14(16)17)15-20(18,19)13-8-6-11(4-2)7-9-13/h6-9,12,15H,3-5,10H2,1-2H3,(H,16,17). The zero-order valence-electron chi connectivity index (χ0n) is 11.8. The topological polar surface area (TPSA) is 83.5 Å². The highest BCUT2D eigenvalue weighted by atomic mass is 32.2. The zero-order chi connectivity index (χ0) is 15.2. The van der Waals surface area contributed by atoms with Crippen LogP contribution < -0.4 is 4.72 Å². The number of hydrogen-bond acceptors (Lipinski definition) is 3. The molecule has 0 saturated carbocycles. The quantitative estimate of drug-likeness (QED) is 0.770. The van der Waals surface area contributed by atoms with Crippen molar-refractivity contribution in [3.63, 3.8) is 0 Å². The van der Waals surface area contributed by atoms with E-state index < -0.39 is 22.0 Å². The Labute approximate surface area is 120 Å². The van der Waals surface area contributed by atoms with Gasteiger partial charge in [-0.15, -0.1) is 0 Å². The monoisotopic (exact) mass is 299 g/mol. The van der Waals surface area contributed by atoms with Crippen molar-refractivity contribution in [2.45, 2.75) is 50.5 Å². The second-order valence-electron chi connectivity index (χ2n) is 4.70. The number of aryl methyl sites for hydroxylation is 1. The van der Waals surface area contributed by atoms with E-state index in [0.717, 1.165) is 18.4 Å². The highest BCUT2D eigenvalue weighted by Crippen LogP contribution is 2.13. The summed E-state index contributed by atoms with van der Waals surface area (Å²) >= 11 is 0. The Hall–Kier alpha value is -1.40. The van der Waals surface area contributed by atoms with E-state index in [1.165, 1.54) is 0 Å². The SMILES string of the molecule is CCCC(CC(=O)O)NS(=O)(=O)c1ccc(CC)cc1. The van der Waals surface area contributed by atoms with Crippen LogP contribution in [-0.2, 0) is 21.2 Å². The van der Waals surface area contributed by atoms with Gasteiger partial charge in [-0.2, -0.15) is 0 Å². The summed E-state index contributed by atoms with van der Waals surface area (Å²) in [6, 6.07) is 6.05. The van der Waals surface area contributed by atoms with Crippen LogP contribution >= 0.6 is 0 Å². The molecule has 0 fully saturated rings. The predicted molar refractivity (Wildman–Crippen MR) is 77.1 cm³/mol. The van der Waals surface area contributed by atoms with Gasteiger partial charge in [-0.05, 0) is 30.5 Å². The fourth-order valence-electron chi connectivity index (χ4n) is 1.95. The molecule has 1 aromatic carbocycles. The van der Waals surface area contributed by atoms with Crippen LogP contribution in [0.25, 0.3) is 0 Å². The fourth-order valence-corrected chi connectivity index (χ4v) is 3.22. The van der Waals surface area contributed by atoms with Crippen LogP contribution in [-0.4, -0.2) is 25.5 Å². The minimum absolute atomic E-state index is 0.168. The summed E-state index contributed by atoms with van der Waals surface area (Å²) in [5.41, 5.74) is 1.06. The molecule has 0 aromatic heterocycles. The highest BCUT2D eigenvalue weighted by molar-refractivity contribution is 7.89. The molecule has 0 radical (unpaired) electrons. The number of aliphatic carboxylic acids is 1. The maximum absolute atomic E-state index is 12.2. The van der Waals surface area contributed by atoms with Crippen LogP contribution in [0, 0.1) is 0 Å². The molecule has 20 heavy (non-hydrogen) atoms. The normalized spacial score (nSPS) is 13.1. The van der Waals surface area contributed by atoms with Gasteiger partial charge < -0.3 is 5.11 Å². The van der Waals surface area contributed by atoms with Crippen LogP contribution in [0.4, 0.5) is 0 Å². The van der Waals surface area contributed by atoms with Crippen LogP contribution in [0.3, 0.4) is 0 Å². The third kappa shape index (κ3) is 4.94. The van der Waals surface area contributed by atoms with Gasteiger partial charge in [0.2, 0.25) is 10.0 Å². The average Bonchev–Trinajstić information content (AvgIpc) is 2.38. The first-order valence-corrected chi connectivity index (χ1v) is 8.20. The fraction of sp³-hybridized carbons (Fsp3) is 0.500. The van der Waals surface area contributed by atoms with Crippen molar-refractivity contribution in [3.8, 4) is 0 Å². The van der Waals surface area contributed by atoms with Crippen LogP contribution in [0.2, 0.25) is 0 Å². The van der Waals surface area contributed by atoms with Crippen molar-refractivity contribution in [2.24, 2.45) is 0 Å². The van der Waals surface area contributed by atoms with Crippen LogP contribution in [0.5, 0.6) is 0 Å². The first kappa shape index (κ1) is 16.7. The molecule has 2 N–H and O–H groups in total. The van der Waals surface area contributed by atoms with Gasteiger partial charge in [-0.1, -0.05) is 32.4 Å². The third-order valence-electron chi connectivity index (χ3n) is 3.02. The summed E-state index contributed by atoms with van der Waals surface area (Å²) in [5.74, 6) is -1.01. The van der Waals surface area contributed by atoms with Crippen molar-refractivity contribution in [2.75, 3.05) is 0 Å². The molecule has 1 atom stereocenters. The van der Waals surface area contributed by atoms with Crippen LogP contribution in [0.1, 0.15) is 38.7 Å². The lowest BCUT2D eigenvalue weighted by molar-refractivity contribution is -0.137. The van der Waals surface area contributed by atoms with E-state index in [1.54, 1.807) is 24.3 Å². The Kier molecular flexibility index (Phi) is 6.16. The number of sulfonamides is 1. The molecule has 0 aliphatic rings. The largest absolute Gasteiger partial charge is 0.481 e. The molecule has 0 bridgehead atoms. The van der Waals surface area contributed by atoms with Gasteiger partial charge >= 0.3 is 5.97 Å². The molecule has 1 rings (SSSR count). The maximum atomic E-state index is 12.2. The second kappa shape index (κ2) is 7.40. The number of carboxylic acids is 1. The maximum Gasteiger partial charge on any atom is 0.304 e. The molecule has 112 valence electrons. The lowest BCUT2D eigenvalue weighted by Crippen LogP contribution is -2.36. The van der Waals surface area contributed by atoms with Gasteiger partial charge in [-0.25, -0.2) is 13.1 Å². The number of hydrogen-bond donors (Lipinski definition) is 2. The Morgan fingerprint density at radius 3 is 2.30 bits per heavy atom. The second-order valence-corrected chi connectivity index (χ2v) is 6.42. The summed E-state index contributed by atoms with van der Waals surface area (Å²) in [6.07, 6.45) is 1.85. The van der Waals surface area contributed by atoms with Gasteiger partial charge in [0.25, 0.3) is 0 Å². The van der Waals surface area contributed by atoms with Gasteiger partial charge in [0, 0.05) is 6.04 Å².